The van der Waals surface area contributed by atoms with Crippen LogP contribution in [0.5, 0.6) is 0 Å². The number of ketones is 1. The standard InChI is InChI=1S/C19H19ClO3/c1-12-6-5-7-15(10-12)19(20,17(21)18(22)23-4)16-9-8-13(2)14(3)11-16/h5-11H,1-4H3. The number of carbonyl (C=O) groups is 2. The molecule has 0 aliphatic rings. The first kappa shape index (κ1) is 17.2. The van der Waals surface area contributed by atoms with Crippen LogP contribution in [-0.4, -0.2) is 18.9 Å². The van der Waals surface area contributed by atoms with Crippen LogP contribution in [0.3, 0.4) is 0 Å². The first-order valence-electron chi connectivity index (χ1n) is 7.27. The zero-order valence-corrected chi connectivity index (χ0v) is 14.4. The Kier molecular flexibility index (Phi) is 4.90. The molecule has 4 heteroatoms. The maximum absolute atomic E-state index is 12.7. The molecule has 0 amide bonds. The number of alkyl halides is 1. The molecule has 0 fully saturated rings. The summed E-state index contributed by atoms with van der Waals surface area (Å²) in [5, 5.41) is 0. The van der Waals surface area contributed by atoms with Crippen LogP contribution in [0.15, 0.2) is 42.5 Å². The zero-order chi connectivity index (χ0) is 17.2. The second-order valence-corrected chi connectivity index (χ2v) is 6.21. The van der Waals surface area contributed by atoms with E-state index >= 15 is 0 Å². The number of esters is 1. The minimum Gasteiger partial charge on any atom is -0.463 e. The third kappa shape index (κ3) is 3.15. The van der Waals surface area contributed by atoms with Gasteiger partial charge in [0.1, 0.15) is 0 Å². The highest BCUT2D eigenvalue weighted by Crippen LogP contribution is 2.39. The molecule has 0 saturated heterocycles. The molecule has 0 bridgehead atoms. The van der Waals surface area contributed by atoms with Gasteiger partial charge in [0, 0.05) is 0 Å². The Balaban J connectivity index is 2.71. The number of benzene rings is 2. The van der Waals surface area contributed by atoms with E-state index in [2.05, 4.69) is 4.74 Å². The Hall–Kier alpha value is -2.13. The molecule has 1 unspecified atom stereocenters. The molecule has 120 valence electrons. The highest BCUT2D eigenvalue weighted by atomic mass is 35.5. The van der Waals surface area contributed by atoms with E-state index in [1.165, 1.54) is 7.11 Å². The van der Waals surface area contributed by atoms with Gasteiger partial charge in [-0.3, -0.25) is 4.79 Å². The van der Waals surface area contributed by atoms with Crippen molar-refractivity contribution in [3.05, 3.63) is 70.3 Å². The predicted molar refractivity (Wildman–Crippen MR) is 90.8 cm³/mol. The molecule has 2 aromatic rings. The molecule has 0 heterocycles. The van der Waals surface area contributed by atoms with E-state index in [1.54, 1.807) is 12.1 Å². The fourth-order valence-electron chi connectivity index (χ4n) is 2.48. The van der Waals surface area contributed by atoms with Crippen molar-refractivity contribution in [2.24, 2.45) is 0 Å². The summed E-state index contributed by atoms with van der Waals surface area (Å²) < 4.78 is 4.61. The maximum Gasteiger partial charge on any atom is 0.377 e. The minimum atomic E-state index is -1.60. The number of carbonyl (C=O) groups excluding carboxylic acids is 2. The van der Waals surface area contributed by atoms with Gasteiger partial charge in [0.05, 0.1) is 7.11 Å². The lowest BCUT2D eigenvalue weighted by atomic mass is 9.84. The summed E-state index contributed by atoms with van der Waals surface area (Å²) in [6.45, 7) is 5.82. The highest BCUT2D eigenvalue weighted by Gasteiger charge is 2.44. The average Bonchev–Trinajstić information content (AvgIpc) is 2.55. The summed E-state index contributed by atoms with van der Waals surface area (Å²) in [5.74, 6) is -1.75. The Morgan fingerprint density at radius 3 is 2.17 bits per heavy atom. The molecule has 0 radical (unpaired) electrons. The Morgan fingerprint density at radius 1 is 0.957 bits per heavy atom. The largest absolute Gasteiger partial charge is 0.463 e. The topological polar surface area (TPSA) is 43.4 Å². The van der Waals surface area contributed by atoms with Crippen LogP contribution in [0.1, 0.15) is 27.8 Å². The summed E-state index contributed by atoms with van der Waals surface area (Å²) in [6.07, 6.45) is 0. The van der Waals surface area contributed by atoms with Crippen molar-refractivity contribution in [3.63, 3.8) is 0 Å². The molecule has 2 rings (SSSR count). The third-order valence-corrected chi connectivity index (χ3v) is 4.61. The molecule has 0 spiro atoms. The monoisotopic (exact) mass is 330 g/mol. The van der Waals surface area contributed by atoms with Gasteiger partial charge in [0.2, 0.25) is 0 Å². The minimum absolute atomic E-state index is 0.554. The Labute approximate surface area is 141 Å². The number of hydrogen-bond donors (Lipinski definition) is 0. The van der Waals surface area contributed by atoms with Crippen LogP contribution < -0.4 is 0 Å². The van der Waals surface area contributed by atoms with Crippen LogP contribution in [0.2, 0.25) is 0 Å². The van der Waals surface area contributed by atoms with Crippen molar-refractivity contribution in [3.8, 4) is 0 Å². The highest BCUT2D eigenvalue weighted by molar-refractivity contribution is 6.51. The summed E-state index contributed by atoms with van der Waals surface area (Å²) in [7, 11) is 1.17. The van der Waals surface area contributed by atoms with Crippen LogP contribution in [0.25, 0.3) is 0 Å². The molecule has 2 aromatic carbocycles. The molecule has 0 aliphatic heterocycles. The van der Waals surface area contributed by atoms with Gasteiger partial charge in [-0.2, -0.15) is 0 Å². The number of hydrogen-bond acceptors (Lipinski definition) is 3. The molecule has 0 saturated carbocycles. The number of rotatable bonds is 4. The fourth-order valence-corrected chi connectivity index (χ4v) is 2.79. The van der Waals surface area contributed by atoms with Gasteiger partial charge < -0.3 is 4.74 Å². The van der Waals surface area contributed by atoms with Crippen molar-refractivity contribution in [1.82, 2.24) is 0 Å². The molecule has 3 nitrogen and oxygen atoms in total. The van der Waals surface area contributed by atoms with Crippen molar-refractivity contribution in [2.75, 3.05) is 7.11 Å². The molecular formula is C19H19ClO3. The smallest absolute Gasteiger partial charge is 0.377 e. The van der Waals surface area contributed by atoms with Crippen LogP contribution in [0, 0.1) is 20.8 Å². The maximum atomic E-state index is 12.7. The molecule has 23 heavy (non-hydrogen) atoms. The Morgan fingerprint density at radius 2 is 1.61 bits per heavy atom. The number of methoxy groups -OCH3 is 1. The zero-order valence-electron chi connectivity index (χ0n) is 13.6. The van der Waals surface area contributed by atoms with Crippen molar-refractivity contribution < 1.29 is 14.3 Å². The van der Waals surface area contributed by atoms with E-state index in [4.69, 9.17) is 11.6 Å². The first-order chi connectivity index (χ1) is 10.8. The summed E-state index contributed by atoms with van der Waals surface area (Å²) in [5.41, 5.74) is 4.15. The van der Waals surface area contributed by atoms with Gasteiger partial charge in [-0.25, -0.2) is 4.79 Å². The van der Waals surface area contributed by atoms with Crippen LogP contribution >= 0.6 is 11.6 Å². The van der Waals surface area contributed by atoms with E-state index in [1.807, 2.05) is 51.1 Å². The molecule has 0 aliphatic carbocycles. The normalized spacial score (nSPS) is 13.3. The number of aryl methyl sites for hydroxylation is 3. The van der Waals surface area contributed by atoms with Gasteiger partial charge in [-0.05, 0) is 43.0 Å². The lowest BCUT2D eigenvalue weighted by Crippen LogP contribution is -2.37. The Bertz CT molecular complexity index is 767. The molecule has 0 N–H and O–H groups in total. The lowest BCUT2D eigenvalue weighted by Gasteiger charge is -2.26. The molecular weight excluding hydrogens is 312 g/mol. The van der Waals surface area contributed by atoms with E-state index in [0.29, 0.717) is 11.1 Å². The second-order valence-electron chi connectivity index (χ2n) is 5.65. The third-order valence-electron chi connectivity index (χ3n) is 4.00. The lowest BCUT2D eigenvalue weighted by molar-refractivity contribution is -0.152. The molecule has 0 aromatic heterocycles. The molecule has 1 atom stereocenters. The number of ether oxygens (including phenoxy) is 1. The fraction of sp³-hybridized carbons (Fsp3) is 0.263. The van der Waals surface area contributed by atoms with E-state index in [0.717, 1.165) is 16.7 Å². The summed E-state index contributed by atoms with van der Waals surface area (Å²) in [4.78, 5) is 23.0. The van der Waals surface area contributed by atoms with Crippen molar-refractivity contribution >= 4 is 23.4 Å². The SMILES string of the molecule is COC(=O)C(=O)C(Cl)(c1cccc(C)c1)c1ccc(C)c(C)c1. The van der Waals surface area contributed by atoms with Crippen molar-refractivity contribution in [1.29, 1.82) is 0 Å². The van der Waals surface area contributed by atoms with Crippen LogP contribution in [0.4, 0.5) is 0 Å². The van der Waals surface area contributed by atoms with Gasteiger partial charge in [-0.1, -0.05) is 59.6 Å². The van der Waals surface area contributed by atoms with Crippen molar-refractivity contribution in [2.45, 2.75) is 25.6 Å². The van der Waals surface area contributed by atoms with E-state index < -0.39 is 16.6 Å². The number of halogens is 1. The van der Waals surface area contributed by atoms with Gasteiger partial charge in [0.25, 0.3) is 5.78 Å². The quantitative estimate of drug-likeness (QED) is 0.486. The van der Waals surface area contributed by atoms with Crippen LogP contribution in [-0.2, 0) is 19.2 Å². The van der Waals surface area contributed by atoms with Gasteiger partial charge in [-0.15, -0.1) is 0 Å². The summed E-state index contributed by atoms with van der Waals surface area (Å²) in [6, 6.07) is 12.8. The van der Waals surface area contributed by atoms with E-state index in [9.17, 15) is 9.59 Å². The van der Waals surface area contributed by atoms with Gasteiger partial charge in [0.15, 0.2) is 4.87 Å². The number of Topliss-reactive ketones (excluding diaryl/α,β-unsaturated/α-hetero) is 1. The van der Waals surface area contributed by atoms with Gasteiger partial charge >= 0.3 is 5.97 Å². The average molecular weight is 331 g/mol. The second kappa shape index (κ2) is 6.55. The summed E-state index contributed by atoms with van der Waals surface area (Å²) >= 11 is 6.76. The predicted octanol–water partition coefficient (Wildman–Crippen LogP) is 3.84. The van der Waals surface area contributed by atoms with E-state index in [-0.39, 0.29) is 0 Å². The first-order valence-corrected chi connectivity index (χ1v) is 7.65.